The minimum absolute atomic E-state index is 0.430. The molecule has 0 radical (unpaired) electrons. The van der Waals surface area contributed by atoms with Crippen molar-refractivity contribution in [2.75, 3.05) is 5.32 Å². The van der Waals surface area contributed by atoms with E-state index in [4.69, 9.17) is 5.11 Å². The van der Waals surface area contributed by atoms with Crippen LogP contribution in [0.3, 0.4) is 0 Å². The van der Waals surface area contributed by atoms with Gasteiger partial charge in [0.1, 0.15) is 5.92 Å². The van der Waals surface area contributed by atoms with E-state index in [-0.39, 0.29) is 0 Å². The number of aryl methyl sites for hydroxylation is 1. The van der Waals surface area contributed by atoms with Crippen LogP contribution in [-0.2, 0) is 17.8 Å². The molecule has 6 nitrogen and oxygen atoms in total. The summed E-state index contributed by atoms with van der Waals surface area (Å²) in [5.41, 5.74) is 1.78. The van der Waals surface area contributed by atoms with Crippen LogP contribution in [-0.4, -0.2) is 26.3 Å². The van der Waals surface area contributed by atoms with E-state index < -0.39 is 11.9 Å². The van der Waals surface area contributed by atoms with Crippen molar-refractivity contribution in [3.05, 3.63) is 28.5 Å². The lowest BCUT2D eigenvalue weighted by Crippen LogP contribution is -2.09. The number of fused-ring (bicyclic) bond motifs is 1. The maximum Gasteiger partial charge on any atom is 0.312 e. The van der Waals surface area contributed by atoms with Crippen LogP contribution >= 0.6 is 11.3 Å². The third-order valence-electron chi connectivity index (χ3n) is 3.01. The van der Waals surface area contributed by atoms with Gasteiger partial charge in [-0.05, 0) is 12.8 Å². The highest BCUT2D eigenvalue weighted by Crippen LogP contribution is 2.38. The quantitative estimate of drug-likeness (QED) is 0.780. The number of aromatic nitrogens is 3. The number of rotatable bonds is 4. The fourth-order valence-electron chi connectivity index (χ4n) is 2.10. The van der Waals surface area contributed by atoms with E-state index in [9.17, 15) is 4.79 Å². The minimum Gasteiger partial charge on any atom is -0.481 e. The summed E-state index contributed by atoms with van der Waals surface area (Å²) < 4.78 is 0. The highest BCUT2D eigenvalue weighted by Gasteiger charge is 2.32. The lowest BCUT2D eigenvalue weighted by Gasteiger charge is -2.02. The molecule has 0 bridgehead atoms. The normalized spacial score (nSPS) is 17.7. The Balaban J connectivity index is 1.72. The van der Waals surface area contributed by atoms with Crippen LogP contribution in [0.2, 0.25) is 0 Å². The van der Waals surface area contributed by atoms with Crippen LogP contribution in [0.15, 0.2) is 12.4 Å². The van der Waals surface area contributed by atoms with Crippen molar-refractivity contribution in [1.29, 1.82) is 0 Å². The fourth-order valence-corrected chi connectivity index (χ4v) is 3.13. The van der Waals surface area contributed by atoms with Crippen molar-refractivity contribution in [2.45, 2.75) is 25.3 Å². The average molecular weight is 264 g/mol. The number of aliphatic carboxylic acids is 1. The molecule has 7 heteroatoms. The lowest BCUT2D eigenvalue weighted by molar-refractivity contribution is -0.138. The maximum atomic E-state index is 11.1. The first-order valence-electron chi connectivity index (χ1n) is 5.68. The lowest BCUT2D eigenvalue weighted by atomic mass is 10.1. The van der Waals surface area contributed by atoms with Gasteiger partial charge in [0.15, 0.2) is 5.13 Å². The molecule has 0 fully saturated rings. The first-order valence-corrected chi connectivity index (χ1v) is 6.49. The topological polar surface area (TPSA) is 90.9 Å². The van der Waals surface area contributed by atoms with Crippen molar-refractivity contribution in [3.63, 3.8) is 0 Å². The van der Waals surface area contributed by atoms with Crippen LogP contribution in [0.1, 0.15) is 28.5 Å². The standard InChI is InChI=1S/C11H12N4O2S/c16-10(17)7-1-2-8-9(7)15-11(18-8)12-3-6-4-13-14-5-6/h4-5,7H,1-3H2,(H,12,15)(H,13,14)(H,16,17). The van der Waals surface area contributed by atoms with Gasteiger partial charge in [-0.25, -0.2) is 4.98 Å². The van der Waals surface area contributed by atoms with Crippen LogP contribution in [0, 0.1) is 0 Å². The van der Waals surface area contributed by atoms with Crippen LogP contribution in [0.5, 0.6) is 0 Å². The molecule has 2 heterocycles. The summed E-state index contributed by atoms with van der Waals surface area (Å²) in [6.07, 6.45) is 5.05. The third-order valence-corrected chi connectivity index (χ3v) is 4.10. The molecule has 0 aliphatic heterocycles. The number of H-pyrrole nitrogens is 1. The maximum absolute atomic E-state index is 11.1. The predicted molar refractivity (Wildman–Crippen MR) is 66.7 cm³/mol. The van der Waals surface area contributed by atoms with E-state index >= 15 is 0 Å². The summed E-state index contributed by atoms with van der Waals surface area (Å²) in [5, 5.41) is 19.7. The third kappa shape index (κ3) is 1.97. The van der Waals surface area contributed by atoms with Crippen molar-refractivity contribution < 1.29 is 9.90 Å². The molecule has 0 amide bonds. The zero-order valence-corrected chi connectivity index (χ0v) is 10.3. The number of carboxylic acids is 1. The van der Waals surface area contributed by atoms with E-state index in [1.807, 2.05) is 6.20 Å². The fraction of sp³-hybridized carbons (Fsp3) is 0.364. The molecule has 0 aromatic carbocycles. The number of carbonyl (C=O) groups is 1. The van der Waals surface area contributed by atoms with Gasteiger partial charge in [0.2, 0.25) is 0 Å². The molecule has 2 aromatic heterocycles. The molecule has 1 aliphatic rings. The van der Waals surface area contributed by atoms with E-state index in [0.29, 0.717) is 13.0 Å². The summed E-state index contributed by atoms with van der Waals surface area (Å²) in [6.45, 7) is 0.640. The molecule has 18 heavy (non-hydrogen) atoms. The number of aromatic amines is 1. The van der Waals surface area contributed by atoms with Crippen LogP contribution < -0.4 is 5.32 Å². The first kappa shape index (κ1) is 11.2. The van der Waals surface area contributed by atoms with Gasteiger partial charge in [0, 0.05) is 23.2 Å². The van der Waals surface area contributed by atoms with Crippen molar-refractivity contribution in [1.82, 2.24) is 15.2 Å². The van der Waals surface area contributed by atoms with Crippen molar-refractivity contribution in [2.24, 2.45) is 0 Å². The molecule has 94 valence electrons. The first-order chi connectivity index (χ1) is 8.74. The van der Waals surface area contributed by atoms with Gasteiger partial charge in [-0.1, -0.05) is 0 Å². The summed E-state index contributed by atoms with van der Waals surface area (Å²) in [5.74, 6) is -1.21. The SMILES string of the molecule is O=C(O)C1CCc2sc(NCc3cn[nH]c3)nc21. The van der Waals surface area contributed by atoms with Gasteiger partial charge in [0.05, 0.1) is 11.9 Å². The molecule has 0 saturated heterocycles. The number of nitrogens with one attached hydrogen (secondary N) is 2. The van der Waals surface area contributed by atoms with Crippen LogP contribution in [0.25, 0.3) is 0 Å². The summed E-state index contributed by atoms with van der Waals surface area (Å²) >= 11 is 1.55. The van der Waals surface area contributed by atoms with E-state index in [2.05, 4.69) is 20.5 Å². The van der Waals surface area contributed by atoms with Gasteiger partial charge < -0.3 is 10.4 Å². The molecule has 3 N–H and O–H groups in total. The number of thiazole rings is 1. The summed E-state index contributed by atoms with van der Waals surface area (Å²) in [7, 11) is 0. The Bertz CT molecular complexity index is 564. The monoisotopic (exact) mass is 264 g/mol. The van der Waals surface area contributed by atoms with Gasteiger partial charge in [-0.3, -0.25) is 9.89 Å². The largest absolute Gasteiger partial charge is 0.481 e. The van der Waals surface area contributed by atoms with Gasteiger partial charge >= 0.3 is 5.97 Å². The summed E-state index contributed by atoms with van der Waals surface area (Å²) in [6, 6.07) is 0. The second kappa shape index (κ2) is 4.41. The second-order valence-electron chi connectivity index (χ2n) is 4.22. The number of nitrogens with zero attached hydrogens (tertiary/aromatic N) is 2. The zero-order valence-electron chi connectivity index (χ0n) is 9.51. The summed E-state index contributed by atoms with van der Waals surface area (Å²) in [4.78, 5) is 16.5. The van der Waals surface area contributed by atoms with Gasteiger partial charge in [-0.2, -0.15) is 5.10 Å². The Labute approximate surface area is 107 Å². The Morgan fingerprint density at radius 1 is 1.67 bits per heavy atom. The Hall–Kier alpha value is -1.89. The molecule has 1 unspecified atom stereocenters. The Morgan fingerprint density at radius 3 is 3.28 bits per heavy atom. The number of hydrogen-bond donors (Lipinski definition) is 3. The highest BCUT2D eigenvalue weighted by molar-refractivity contribution is 7.15. The Morgan fingerprint density at radius 2 is 2.56 bits per heavy atom. The molecule has 2 aromatic rings. The second-order valence-corrected chi connectivity index (χ2v) is 5.30. The highest BCUT2D eigenvalue weighted by atomic mass is 32.1. The zero-order chi connectivity index (χ0) is 12.5. The molecule has 0 saturated carbocycles. The molecular weight excluding hydrogens is 252 g/mol. The average Bonchev–Trinajstić information content (AvgIpc) is 3.02. The molecule has 0 spiro atoms. The van der Waals surface area contributed by atoms with E-state index in [1.165, 1.54) is 0 Å². The van der Waals surface area contributed by atoms with Gasteiger partial charge in [0.25, 0.3) is 0 Å². The van der Waals surface area contributed by atoms with E-state index in [0.717, 1.165) is 27.7 Å². The molecule has 1 aliphatic carbocycles. The predicted octanol–water partition coefficient (Wildman–Crippen LogP) is 1.59. The van der Waals surface area contributed by atoms with Gasteiger partial charge in [-0.15, -0.1) is 11.3 Å². The number of hydrogen-bond acceptors (Lipinski definition) is 5. The number of anilines is 1. The van der Waals surface area contributed by atoms with Crippen molar-refractivity contribution in [3.8, 4) is 0 Å². The molecular formula is C11H12N4O2S. The Kier molecular flexibility index (Phi) is 2.75. The van der Waals surface area contributed by atoms with Crippen LogP contribution in [0.4, 0.5) is 5.13 Å². The molecule has 3 rings (SSSR count). The van der Waals surface area contributed by atoms with Crippen molar-refractivity contribution >= 4 is 22.4 Å². The molecule has 1 atom stereocenters. The smallest absolute Gasteiger partial charge is 0.312 e. The minimum atomic E-state index is -0.777. The number of carboxylic acid groups (broad SMARTS) is 1. The van der Waals surface area contributed by atoms with E-state index in [1.54, 1.807) is 17.5 Å².